The van der Waals surface area contributed by atoms with Gasteiger partial charge in [0.15, 0.2) is 0 Å². The Morgan fingerprint density at radius 3 is 2.53 bits per heavy atom. The van der Waals surface area contributed by atoms with Crippen LogP contribution in [0.3, 0.4) is 0 Å². The Morgan fingerprint density at radius 2 is 2.07 bits per heavy atom. The predicted octanol–water partition coefficient (Wildman–Crippen LogP) is 2.18. The molecule has 0 saturated carbocycles. The monoisotopic (exact) mass is 228 g/mol. The van der Waals surface area contributed by atoms with Crippen LogP contribution in [0.5, 0.6) is 0 Å². The van der Waals surface area contributed by atoms with Gasteiger partial charge in [0.1, 0.15) is 0 Å². The number of thiazole rings is 1. The lowest BCUT2D eigenvalue weighted by Crippen LogP contribution is -2.29. The van der Waals surface area contributed by atoms with E-state index < -0.39 is 0 Å². The highest BCUT2D eigenvalue weighted by Gasteiger charge is 2.14. The molecule has 1 heterocycles. The fraction of sp³-hybridized carbons (Fsp3) is 0.727. The first-order valence-corrected chi connectivity index (χ1v) is 6.17. The summed E-state index contributed by atoms with van der Waals surface area (Å²) in [6.45, 7) is 8.56. The van der Waals surface area contributed by atoms with Crippen molar-refractivity contribution in [1.29, 1.82) is 0 Å². The summed E-state index contributed by atoms with van der Waals surface area (Å²) in [5.74, 6) is 0. The van der Waals surface area contributed by atoms with Gasteiger partial charge in [0.25, 0.3) is 0 Å². The molecule has 15 heavy (non-hydrogen) atoms. The smallest absolute Gasteiger partial charge is 0.0900 e. The molecule has 86 valence electrons. The number of aromatic nitrogens is 1. The number of nitrogens with one attached hydrogen (secondary N) is 1. The van der Waals surface area contributed by atoms with Crippen molar-refractivity contribution in [3.05, 3.63) is 15.6 Å². The number of aliphatic hydroxyl groups excluding tert-OH is 1. The molecule has 0 bridgehead atoms. The lowest BCUT2D eigenvalue weighted by molar-refractivity contribution is 0.265. The Hall–Kier alpha value is -0.450. The summed E-state index contributed by atoms with van der Waals surface area (Å²) in [4.78, 5) is 5.72. The van der Waals surface area contributed by atoms with E-state index in [-0.39, 0.29) is 6.61 Å². The molecule has 0 aliphatic rings. The molecule has 2 atom stereocenters. The molecule has 0 amide bonds. The molecule has 0 spiro atoms. The zero-order valence-electron chi connectivity index (χ0n) is 9.87. The molecule has 2 N–H and O–H groups in total. The van der Waals surface area contributed by atoms with Gasteiger partial charge in [-0.2, -0.15) is 0 Å². The Morgan fingerprint density at radius 1 is 1.40 bits per heavy atom. The quantitative estimate of drug-likeness (QED) is 0.812. The number of aliphatic hydroxyl groups is 1. The van der Waals surface area contributed by atoms with E-state index in [4.69, 9.17) is 5.11 Å². The van der Waals surface area contributed by atoms with E-state index in [1.807, 2.05) is 13.8 Å². The number of nitrogens with zero attached hydrogens (tertiary/aromatic N) is 1. The first-order valence-electron chi connectivity index (χ1n) is 5.35. The average Bonchev–Trinajstić information content (AvgIpc) is 2.45. The van der Waals surface area contributed by atoms with Gasteiger partial charge in [-0.1, -0.05) is 0 Å². The highest BCUT2D eigenvalue weighted by Crippen LogP contribution is 2.24. The maximum absolute atomic E-state index is 8.83. The van der Waals surface area contributed by atoms with Gasteiger partial charge < -0.3 is 10.4 Å². The van der Waals surface area contributed by atoms with Crippen molar-refractivity contribution in [3.63, 3.8) is 0 Å². The van der Waals surface area contributed by atoms with Crippen LogP contribution in [0.15, 0.2) is 0 Å². The van der Waals surface area contributed by atoms with Crippen molar-refractivity contribution in [1.82, 2.24) is 10.3 Å². The largest absolute Gasteiger partial charge is 0.396 e. The van der Waals surface area contributed by atoms with Crippen molar-refractivity contribution >= 4 is 11.3 Å². The summed E-state index contributed by atoms with van der Waals surface area (Å²) in [6.07, 6.45) is 0.793. The van der Waals surface area contributed by atoms with Crippen molar-refractivity contribution in [2.75, 3.05) is 6.61 Å². The number of hydrogen-bond acceptors (Lipinski definition) is 4. The van der Waals surface area contributed by atoms with Gasteiger partial charge in [0.2, 0.25) is 0 Å². The normalized spacial score (nSPS) is 15.3. The van der Waals surface area contributed by atoms with E-state index in [0.29, 0.717) is 12.1 Å². The van der Waals surface area contributed by atoms with Crippen molar-refractivity contribution in [2.45, 2.75) is 46.2 Å². The van der Waals surface area contributed by atoms with Gasteiger partial charge in [-0.05, 0) is 34.1 Å². The van der Waals surface area contributed by atoms with Crippen LogP contribution < -0.4 is 5.32 Å². The van der Waals surface area contributed by atoms with Gasteiger partial charge in [-0.25, -0.2) is 4.98 Å². The van der Waals surface area contributed by atoms with E-state index >= 15 is 0 Å². The predicted molar refractivity (Wildman–Crippen MR) is 64.3 cm³/mol. The summed E-state index contributed by atoms with van der Waals surface area (Å²) in [6, 6.07) is 0.657. The highest BCUT2D eigenvalue weighted by molar-refractivity contribution is 7.11. The maximum Gasteiger partial charge on any atom is 0.0900 e. The third kappa shape index (κ3) is 3.55. The molecular weight excluding hydrogens is 208 g/mol. The maximum atomic E-state index is 8.83. The second kappa shape index (κ2) is 5.58. The molecule has 1 aromatic heterocycles. The van der Waals surface area contributed by atoms with E-state index in [1.165, 1.54) is 4.88 Å². The first-order chi connectivity index (χ1) is 7.04. The van der Waals surface area contributed by atoms with E-state index in [0.717, 1.165) is 17.1 Å². The lowest BCUT2D eigenvalue weighted by atomic mass is 10.2. The van der Waals surface area contributed by atoms with Crippen LogP contribution in [0.4, 0.5) is 0 Å². The fourth-order valence-corrected chi connectivity index (χ4v) is 2.67. The molecule has 0 radical (unpaired) electrons. The molecular formula is C11H20N2OS. The van der Waals surface area contributed by atoms with Gasteiger partial charge in [0.05, 0.1) is 10.7 Å². The van der Waals surface area contributed by atoms with Crippen molar-refractivity contribution < 1.29 is 5.11 Å². The van der Waals surface area contributed by atoms with Crippen molar-refractivity contribution in [2.24, 2.45) is 0 Å². The van der Waals surface area contributed by atoms with Gasteiger partial charge in [-0.3, -0.25) is 0 Å². The van der Waals surface area contributed by atoms with Crippen molar-refractivity contribution in [3.8, 4) is 0 Å². The van der Waals surface area contributed by atoms with E-state index in [1.54, 1.807) is 11.3 Å². The van der Waals surface area contributed by atoms with Gasteiger partial charge in [0, 0.05) is 23.6 Å². The zero-order valence-corrected chi connectivity index (χ0v) is 10.7. The third-order valence-electron chi connectivity index (χ3n) is 2.43. The summed E-state index contributed by atoms with van der Waals surface area (Å²) in [5.41, 5.74) is 1.12. The minimum atomic E-state index is 0.238. The second-order valence-electron chi connectivity index (χ2n) is 3.98. The van der Waals surface area contributed by atoms with Crippen LogP contribution in [0.2, 0.25) is 0 Å². The average molecular weight is 228 g/mol. The van der Waals surface area contributed by atoms with Gasteiger partial charge in [-0.15, -0.1) is 11.3 Å². The molecule has 4 heteroatoms. The number of hydrogen-bond donors (Lipinski definition) is 2. The summed E-state index contributed by atoms with van der Waals surface area (Å²) in [7, 11) is 0. The van der Waals surface area contributed by atoms with E-state index in [9.17, 15) is 0 Å². The fourth-order valence-electron chi connectivity index (χ4n) is 1.73. The molecule has 0 aromatic carbocycles. The molecule has 0 saturated heterocycles. The van der Waals surface area contributed by atoms with Crippen LogP contribution in [-0.4, -0.2) is 22.7 Å². The van der Waals surface area contributed by atoms with Crippen LogP contribution in [0.25, 0.3) is 0 Å². The molecule has 1 rings (SSSR count). The van der Waals surface area contributed by atoms with Crippen LogP contribution in [0, 0.1) is 13.8 Å². The molecule has 1 aromatic rings. The SMILES string of the molecule is Cc1nc(C)c(C(C)NC(C)CCO)s1. The first kappa shape index (κ1) is 12.6. The third-order valence-corrected chi connectivity index (χ3v) is 3.68. The Kier molecular flexibility index (Phi) is 4.70. The Labute approximate surface area is 95.6 Å². The minimum Gasteiger partial charge on any atom is -0.396 e. The van der Waals surface area contributed by atoms with Crippen LogP contribution >= 0.6 is 11.3 Å². The summed E-state index contributed by atoms with van der Waals surface area (Å²) in [5, 5.41) is 13.4. The minimum absolute atomic E-state index is 0.238. The number of aryl methyl sites for hydroxylation is 2. The molecule has 0 aliphatic carbocycles. The molecule has 0 fully saturated rings. The number of rotatable bonds is 5. The van der Waals surface area contributed by atoms with E-state index in [2.05, 4.69) is 24.1 Å². The molecule has 0 aliphatic heterocycles. The van der Waals surface area contributed by atoms with Crippen LogP contribution in [0.1, 0.15) is 41.9 Å². The lowest BCUT2D eigenvalue weighted by Gasteiger charge is -2.18. The Balaban J connectivity index is 2.60. The second-order valence-corrected chi connectivity index (χ2v) is 5.22. The summed E-state index contributed by atoms with van der Waals surface area (Å²) < 4.78 is 0. The zero-order chi connectivity index (χ0) is 11.4. The molecule has 2 unspecified atom stereocenters. The summed E-state index contributed by atoms with van der Waals surface area (Å²) >= 11 is 1.75. The van der Waals surface area contributed by atoms with Gasteiger partial charge >= 0.3 is 0 Å². The Bertz CT molecular complexity index is 312. The molecule has 3 nitrogen and oxygen atoms in total. The highest BCUT2D eigenvalue weighted by atomic mass is 32.1. The standard InChI is InChI=1S/C11H20N2OS/c1-7(5-6-14)12-8(2)11-9(3)13-10(4)15-11/h7-8,12,14H,5-6H2,1-4H3. The topological polar surface area (TPSA) is 45.2 Å². The van der Waals surface area contributed by atoms with Crippen LogP contribution in [-0.2, 0) is 0 Å².